The van der Waals surface area contributed by atoms with E-state index in [0.717, 1.165) is 17.8 Å². The molecule has 18 heavy (non-hydrogen) atoms. The second-order valence-corrected chi connectivity index (χ2v) is 7.09. The normalized spacial score (nSPS) is 34.8. The van der Waals surface area contributed by atoms with E-state index in [4.69, 9.17) is 11.6 Å². The number of alkyl halides is 1. The van der Waals surface area contributed by atoms with Crippen molar-refractivity contribution < 1.29 is 0 Å². The van der Waals surface area contributed by atoms with Gasteiger partial charge in [-0.25, -0.2) is 0 Å². The highest BCUT2D eigenvalue weighted by molar-refractivity contribution is 6.21. The molecule has 0 heterocycles. The molecule has 0 amide bonds. The van der Waals surface area contributed by atoms with Gasteiger partial charge >= 0.3 is 0 Å². The molecule has 1 aromatic carbocycles. The van der Waals surface area contributed by atoms with Gasteiger partial charge in [0.1, 0.15) is 0 Å². The molecule has 0 nitrogen and oxygen atoms in total. The number of hydrogen-bond donors (Lipinski definition) is 0. The van der Waals surface area contributed by atoms with Gasteiger partial charge in [-0.15, -0.1) is 11.6 Å². The van der Waals surface area contributed by atoms with Crippen LogP contribution in [0.15, 0.2) is 18.2 Å². The lowest BCUT2D eigenvalue weighted by Crippen LogP contribution is -2.08. The quantitative estimate of drug-likeness (QED) is 0.664. The lowest BCUT2D eigenvalue weighted by Gasteiger charge is -2.22. The summed E-state index contributed by atoms with van der Waals surface area (Å²) >= 11 is 6.74. The highest BCUT2D eigenvalue weighted by Crippen LogP contribution is 2.58. The number of hydrogen-bond acceptors (Lipinski definition) is 0. The molecular formula is C17H21Cl. The summed E-state index contributed by atoms with van der Waals surface area (Å²) in [5.74, 6) is 2.82. The molecule has 2 saturated carbocycles. The number of benzene rings is 1. The van der Waals surface area contributed by atoms with E-state index in [2.05, 4.69) is 18.2 Å². The summed E-state index contributed by atoms with van der Waals surface area (Å²) in [5.41, 5.74) is 4.54. The van der Waals surface area contributed by atoms with E-state index < -0.39 is 0 Å². The van der Waals surface area contributed by atoms with Crippen molar-refractivity contribution in [2.75, 3.05) is 0 Å². The number of aryl methyl sites for hydroxylation is 2. The fraction of sp³-hybridized carbons (Fsp3) is 0.647. The van der Waals surface area contributed by atoms with Gasteiger partial charge in [0.05, 0.1) is 5.38 Å². The van der Waals surface area contributed by atoms with Crippen LogP contribution in [0.5, 0.6) is 0 Å². The maximum atomic E-state index is 6.74. The van der Waals surface area contributed by atoms with Crippen molar-refractivity contribution in [2.45, 2.75) is 50.3 Å². The van der Waals surface area contributed by atoms with Crippen molar-refractivity contribution in [3.63, 3.8) is 0 Å². The minimum atomic E-state index is 0.269. The number of halogens is 1. The average Bonchev–Trinajstić information content (AvgIpc) is 3.04. The third kappa shape index (κ3) is 1.90. The van der Waals surface area contributed by atoms with Gasteiger partial charge in [0.15, 0.2) is 0 Å². The number of fused-ring (bicyclic) bond motifs is 2. The maximum Gasteiger partial charge on any atom is 0.0613 e. The molecule has 4 rings (SSSR count). The van der Waals surface area contributed by atoms with Crippen molar-refractivity contribution in [1.29, 1.82) is 0 Å². The maximum absolute atomic E-state index is 6.74. The van der Waals surface area contributed by atoms with Gasteiger partial charge in [-0.2, -0.15) is 0 Å². The monoisotopic (exact) mass is 260 g/mol. The molecule has 3 aliphatic rings. The van der Waals surface area contributed by atoms with Gasteiger partial charge in [-0.1, -0.05) is 18.2 Å². The van der Waals surface area contributed by atoms with Crippen LogP contribution in [0, 0.1) is 17.8 Å². The van der Waals surface area contributed by atoms with Crippen LogP contribution in [0.2, 0.25) is 0 Å². The zero-order valence-corrected chi connectivity index (χ0v) is 11.6. The molecule has 2 fully saturated rings. The Balaban J connectivity index is 1.56. The minimum Gasteiger partial charge on any atom is -0.118 e. The Morgan fingerprint density at radius 1 is 0.944 bits per heavy atom. The molecule has 0 spiro atoms. The highest BCUT2D eigenvalue weighted by atomic mass is 35.5. The standard InChI is InChI=1S/C17H21Cl/c18-17(16-9-14-8-15(14)10-16)13-6-5-11-3-1-2-4-12(11)7-13/h5-7,14-17H,1-4,8-10H2. The van der Waals surface area contributed by atoms with E-state index >= 15 is 0 Å². The molecule has 3 aliphatic carbocycles. The predicted molar refractivity (Wildman–Crippen MR) is 76.0 cm³/mol. The molecule has 96 valence electrons. The van der Waals surface area contributed by atoms with Crippen molar-refractivity contribution in [1.82, 2.24) is 0 Å². The van der Waals surface area contributed by atoms with Crippen LogP contribution < -0.4 is 0 Å². The third-order valence-corrected chi connectivity index (χ3v) is 5.99. The molecule has 1 heteroatoms. The van der Waals surface area contributed by atoms with Crippen LogP contribution >= 0.6 is 11.6 Å². The second-order valence-electron chi connectivity index (χ2n) is 6.62. The van der Waals surface area contributed by atoms with Crippen LogP contribution in [-0.4, -0.2) is 0 Å². The van der Waals surface area contributed by atoms with Crippen molar-refractivity contribution in [3.8, 4) is 0 Å². The molecule has 1 aromatic rings. The summed E-state index contributed by atoms with van der Waals surface area (Å²) in [7, 11) is 0. The molecule has 0 N–H and O–H groups in total. The smallest absolute Gasteiger partial charge is 0.0613 e. The van der Waals surface area contributed by atoms with E-state index in [9.17, 15) is 0 Å². The zero-order chi connectivity index (χ0) is 12.1. The summed E-state index contributed by atoms with van der Waals surface area (Å²) in [6.45, 7) is 0. The largest absolute Gasteiger partial charge is 0.118 e. The van der Waals surface area contributed by atoms with Gasteiger partial charge < -0.3 is 0 Å². The topological polar surface area (TPSA) is 0 Å². The van der Waals surface area contributed by atoms with Crippen LogP contribution in [0.4, 0.5) is 0 Å². The second kappa shape index (κ2) is 4.27. The lowest BCUT2D eigenvalue weighted by atomic mass is 9.87. The van der Waals surface area contributed by atoms with E-state index in [-0.39, 0.29) is 5.38 Å². The third-order valence-electron chi connectivity index (χ3n) is 5.38. The van der Waals surface area contributed by atoms with E-state index in [1.54, 1.807) is 11.1 Å². The van der Waals surface area contributed by atoms with Crippen LogP contribution in [0.3, 0.4) is 0 Å². The first-order chi connectivity index (χ1) is 8.81. The van der Waals surface area contributed by atoms with E-state index in [1.807, 2.05) is 0 Å². The average molecular weight is 261 g/mol. The van der Waals surface area contributed by atoms with Gasteiger partial charge in [0.25, 0.3) is 0 Å². The molecule has 0 saturated heterocycles. The van der Waals surface area contributed by atoms with E-state index in [1.165, 1.54) is 50.5 Å². The summed E-state index contributed by atoms with van der Waals surface area (Å²) in [6.07, 6.45) is 9.52. The predicted octanol–water partition coefficient (Wildman–Crippen LogP) is 4.89. The minimum absolute atomic E-state index is 0.269. The van der Waals surface area contributed by atoms with Gasteiger partial charge in [-0.3, -0.25) is 0 Å². The van der Waals surface area contributed by atoms with Crippen LogP contribution in [0.25, 0.3) is 0 Å². The lowest BCUT2D eigenvalue weighted by molar-refractivity contribution is 0.471. The Morgan fingerprint density at radius 3 is 2.44 bits per heavy atom. The molecule has 3 unspecified atom stereocenters. The Hall–Kier alpha value is -0.490. The number of rotatable bonds is 2. The van der Waals surface area contributed by atoms with Crippen molar-refractivity contribution >= 4 is 11.6 Å². The first-order valence-electron chi connectivity index (χ1n) is 7.57. The molecule has 0 aliphatic heterocycles. The van der Waals surface area contributed by atoms with Gasteiger partial charge in [0.2, 0.25) is 0 Å². The Bertz CT molecular complexity index is 455. The zero-order valence-electron chi connectivity index (χ0n) is 10.9. The molecule has 0 radical (unpaired) electrons. The molecule has 0 bridgehead atoms. The van der Waals surface area contributed by atoms with Crippen molar-refractivity contribution in [3.05, 3.63) is 34.9 Å². The Labute approximate surface area is 115 Å². The highest BCUT2D eigenvalue weighted by Gasteiger charge is 2.47. The van der Waals surface area contributed by atoms with Crippen molar-refractivity contribution in [2.24, 2.45) is 17.8 Å². The first kappa shape index (κ1) is 11.3. The molecule has 3 atom stereocenters. The molecule has 0 aromatic heterocycles. The molecular weight excluding hydrogens is 240 g/mol. The fourth-order valence-electron chi connectivity index (χ4n) is 4.20. The van der Waals surface area contributed by atoms with Gasteiger partial charge in [-0.05, 0) is 79.4 Å². The van der Waals surface area contributed by atoms with Crippen LogP contribution in [-0.2, 0) is 12.8 Å². The van der Waals surface area contributed by atoms with Crippen LogP contribution in [0.1, 0.15) is 54.2 Å². The van der Waals surface area contributed by atoms with E-state index in [0.29, 0.717) is 0 Å². The summed E-state index contributed by atoms with van der Waals surface area (Å²) in [6, 6.07) is 7.05. The Kier molecular flexibility index (Phi) is 2.69. The summed E-state index contributed by atoms with van der Waals surface area (Å²) < 4.78 is 0. The first-order valence-corrected chi connectivity index (χ1v) is 8.00. The summed E-state index contributed by atoms with van der Waals surface area (Å²) in [5, 5.41) is 0.269. The SMILES string of the molecule is ClC(c1ccc2c(c1)CCCC2)C1CC2CC2C1. The summed E-state index contributed by atoms with van der Waals surface area (Å²) in [4.78, 5) is 0. The van der Waals surface area contributed by atoms with Gasteiger partial charge in [0, 0.05) is 0 Å². The Morgan fingerprint density at radius 2 is 1.67 bits per heavy atom. The fourth-order valence-corrected chi connectivity index (χ4v) is 4.54.